The Kier molecular flexibility index (Phi) is 5.08. The minimum Gasteiger partial charge on any atom is -0.490 e. The van der Waals surface area contributed by atoms with Crippen LogP contribution in [0.3, 0.4) is 0 Å². The summed E-state index contributed by atoms with van der Waals surface area (Å²) in [7, 11) is 0. The van der Waals surface area contributed by atoms with E-state index >= 15 is 0 Å². The summed E-state index contributed by atoms with van der Waals surface area (Å²) < 4.78 is 11.2. The molecule has 100 valence electrons. The van der Waals surface area contributed by atoms with Crippen LogP contribution < -0.4 is 9.64 Å². The van der Waals surface area contributed by atoms with E-state index in [1.165, 1.54) is 0 Å². The Balaban J connectivity index is 2.19. The molecule has 1 aliphatic rings. The molecule has 1 aliphatic heterocycles. The average Bonchev–Trinajstić information content (AvgIpc) is 2.45. The highest BCUT2D eigenvalue weighted by atomic mass is 35.5. The molecule has 4 nitrogen and oxygen atoms in total. The van der Waals surface area contributed by atoms with Crippen molar-refractivity contribution in [3.05, 3.63) is 18.3 Å². The third-order valence-electron chi connectivity index (χ3n) is 2.89. The lowest BCUT2D eigenvalue weighted by Gasteiger charge is -2.36. The van der Waals surface area contributed by atoms with Crippen LogP contribution in [0.25, 0.3) is 0 Å². The minimum atomic E-state index is 0.166. The Bertz CT molecular complexity index is 376. The van der Waals surface area contributed by atoms with Crippen molar-refractivity contribution in [3.63, 3.8) is 0 Å². The smallest absolute Gasteiger partial charge is 0.171 e. The van der Waals surface area contributed by atoms with Gasteiger partial charge in [-0.1, -0.05) is 6.92 Å². The van der Waals surface area contributed by atoms with Crippen molar-refractivity contribution in [1.82, 2.24) is 4.98 Å². The summed E-state index contributed by atoms with van der Waals surface area (Å²) in [5, 5.41) is 0. The van der Waals surface area contributed by atoms with Gasteiger partial charge in [0, 0.05) is 18.6 Å². The molecule has 0 aliphatic carbocycles. The number of aromatic nitrogens is 1. The Morgan fingerprint density at radius 3 is 3.28 bits per heavy atom. The van der Waals surface area contributed by atoms with Crippen LogP contribution in [0.4, 0.5) is 5.82 Å². The third kappa shape index (κ3) is 3.06. The quantitative estimate of drug-likeness (QED) is 0.769. The largest absolute Gasteiger partial charge is 0.490 e. The molecular formula is C13H19ClN2O2. The van der Waals surface area contributed by atoms with E-state index in [4.69, 9.17) is 21.1 Å². The van der Waals surface area contributed by atoms with Crippen LogP contribution in [0.15, 0.2) is 18.3 Å². The first-order valence-corrected chi connectivity index (χ1v) is 6.88. The fourth-order valence-electron chi connectivity index (χ4n) is 1.98. The van der Waals surface area contributed by atoms with Crippen LogP contribution in [0.5, 0.6) is 5.75 Å². The van der Waals surface area contributed by atoms with E-state index in [9.17, 15) is 0 Å². The van der Waals surface area contributed by atoms with E-state index in [0.717, 1.165) is 24.5 Å². The summed E-state index contributed by atoms with van der Waals surface area (Å²) in [6.07, 6.45) is 2.77. The zero-order valence-corrected chi connectivity index (χ0v) is 11.4. The highest BCUT2D eigenvalue weighted by Crippen LogP contribution is 2.28. The second-order valence-electron chi connectivity index (χ2n) is 4.25. The van der Waals surface area contributed by atoms with Crippen LogP contribution in [0.2, 0.25) is 0 Å². The molecule has 0 amide bonds. The molecule has 2 heterocycles. The van der Waals surface area contributed by atoms with Gasteiger partial charge in [0.1, 0.15) is 0 Å². The van der Waals surface area contributed by atoms with E-state index in [1.807, 2.05) is 12.1 Å². The normalized spacial score (nSPS) is 19.9. The van der Waals surface area contributed by atoms with Crippen molar-refractivity contribution in [2.75, 3.05) is 37.1 Å². The number of rotatable bonds is 5. The predicted octanol–water partition coefficient (Wildman–Crippen LogP) is 2.31. The molecule has 1 aromatic heterocycles. The molecule has 18 heavy (non-hydrogen) atoms. The fraction of sp³-hybridized carbons (Fsp3) is 0.615. The van der Waals surface area contributed by atoms with Gasteiger partial charge in [-0.25, -0.2) is 4.98 Å². The van der Waals surface area contributed by atoms with Gasteiger partial charge in [-0.3, -0.25) is 0 Å². The van der Waals surface area contributed by atoms with Gasteiger partial charge >= 0.3 is 0 Å². The topological polar surface area (TPSA) is 34.6 Å². The highest BCUT2D eigenvalue weighted by molar-refractivity contribution is 6.18. The average molecular weight is 271 g/mol. The number of anilines is 1. The molecule has 0 bridgehead atoms. The van der Waals surface area contributed by atoms with Crippen molar-refractivity contribution in [2.45, 2.75) is 19.4 Å². The van der Waals surface area contributed by atoms with Gasteiger partial charge in [-0.2, -0.15) is 0 Å². The number of nitrogens with zero attached hydrogens (tertiary/aromatic N) is 2. The molecule has 1 fully saturated rings. The van der Waals surface area contributed by atoms with E-state index in [2.05, 4.69) is 16.8 Å². The van der Waals surface area contributed by atoms with Gasteiger partial charge in [0.2, 0.25) is 0 Å². The van der Waals surface area contributed by atoms with Crippen molar-refractivity contribution in [2.24, 2.45) is 0 Å². The van der Waals surface area contributed by atoms with Crippen molar-refractivity contribution in [3.8, 4) is 5.75 Å². The lowest BCUT2D eigenvalue weighted by atomic mass is 10.2. The Morgan fingerprint density at radius 2 is 2.50 bits per heavy atom. The minimum absolute atomic E-state index is 0.166. The Labute approximate surface area is 113 Å². The molecule has 2 rings (SSSR count). The summed E-state index contributed by atoms with van der Waals surface area (Å²) in [5.74, 6) is 2.24. The van der Waals surface area contributed by atoms with Crippen LogP contribution >= 0.6 is 11.6 Å². The number of ether oxygens (including phenoxy) is 2. The lowest BCUT2D eigenvalue weighted by molar-refractivity contribution is 0.0990. The Morgan fingerprint density at radius 1 is 1.61 bits per heavy atom. The number of hydrogen-bond acceptors (Lipinski definition) is 4. The molecule has 1 aromatic rings. The monoisotopic (exact) mass is 270 g/mol. The predicted molar refractivity (Wildman–Crippen MR) is 72.7 cm³/mol. The summed E-state index contributed by atoms with van der Waals surface area (Å²) >= 11 is 5.99. The number of hydrogen-bond donors (Lipinski definition) is 0. The molecule has 1 saturated heterocycles. The summed E-state index contributed by atoms with van der Waals surface area (Å²) in [4.78, 5) is 6.62. The standard InChI is InChI=1S/C13H19ClN2O2/c1-2-7-18-12-4-3-5-15-13(12)16-6-8-17-10-11(16)9-14/h3-5,11H,2,6-10H2,1H3. The lowest BCUT2D eigenvalue weighted by Crippen LogP contribution is -2.47. The maximum atomic E-state index is 5.99. The summed E-state index contributed by atoms with van der Waals surface area (Å²) in [6, 6.07) is 4.02. The number of halogens is 1. The van der Waals surface area contributed by atoms with Gasteiger partial charge in [0.15, 0.2) is 11.6 Å². The van der Waals surface area contributed by atoms with Crippen LogP contribution in [-0.2, 0) is 4.74 Å². The first-order valence-electron chi connectivity index (χ1n) is 6.35. The second-order valence-corrected chi connectivity index (χ2v) is 4.56. The second kappa shape index (κ2) is 6.81. The van der Waals surface area contributed by atoms with E-state index < -0.39 is 0 Å². The van der Waals surface area contributed by atoms with Gasteiger partial charge in [0.25, 0.3) is 0 Å². The first-order chi connectivity index (χ1) is 8.86. The van der Waals surface area contributed by atoms with Crippen LogP contribution in [0.1, 0.15) is 13.3 Å². The number of alkyl halides is 1. The number of pyridine rings is 1. The molecule has 5 heteroatoms. The molecule has 0 spiro atoms. The molecular weight excluding hydrogens is 252 g/mol. The molecule has 0 saturated carbocycles. The van der Waals surface area contributed by atoms with E-state index in [-0.39, 0.29) is 6.04 Å². The van der Waals surface area contributed by atoms with Crippen LogP contribution in [-0.4, -0.2) is 43.3 Å². The maximum Gasteiger partial charge on any atom is 0.171 e. The Hall–Kier alpha value is -1.00. The number of morpholine rings is 1. The highest BCUT2D eigenvalue weighted by Gasteiger charge is 2.25. The van der Waals surface area contributed by atoms with Gasteiger partial charge in [0.05, 0.1) is 25.9 Å². The third-order valence-corrected chi connectivity index (χ3v) is 3.25. The summed E-state index contributed by atoms with van der Waals surface area (Å²) in [6.45, 7) is 4.95. The molecule has 0 N–H and O–H groups in total. The molecule has 0 radical (unpaired) electrons. The van der Waals surface area contributed by atoms with Crippen molar-refractivity contribution in [1.29, 1.82) is 0 Å². The first kappa shape index (κ1) is 13.4. The van der Waals surface area contributed by atoms with E-state index in [1.54, 1.807) is 6.20 Å². The van der Waals surface area contributed by atoms with Crippen LogP contribution in [0, 0.1) is 0 Å². The van der Waals surface area contributed by atoms with Crippen molar-refractivity contribution < 1.29 is 9.47 Å². The zero-order chi connectivity index (χ0) is 12.8. The fourth-order valence-corrected chi connectivity index (χ4v) is 2.24. The van der Waals surface area contributed by atoms with Gasteiger partial charge in [-0.15, -0.1) is 11.6 Å². The van der Waals surface area contributed by atoms with E-state index in [0.29, 0.717) is 25.7 Å². The SMILES string of the molecule is CCCOc1cccnc1N1CCOCC1CCl. The zero-order valence-electron chi connectivity index (χ0n) is 10.6. The molecule has 0 aromatic carbocycles. The van der Waals surface area contributed by atoms with Crippen molar-refractivity contribution >= 4 is 17.4 Å². The molecule has 1 unspecified atom stereocenters. The maximum absolute atomic E-state index is 5.99. The van der Waals surface area contributed by atoms with Gasteiger partial charge < -0.3 is 14.4 Å². The molecule has 1 atom stereocenters. The van der Waals surface area contributed by atoms with Gasteiger partial charge in [-0.05, 0) is 18.6 Å². The summed E-state index contributed by atoms with van der Waals surface area (Å²) in [5.41, 5.74) is 0.